The molecule has 2 nitrogen and oxygen atoms in total. The van der Waals surface area contributed by atoms with E-state index in [1.807, 2.05) is 36.4 Å². The molecule has 0 heterocycles. The van der Waals surface area contributed by atoms with Crippen molar-refractivity contribution in [2.45, 2.75) is 0 Å². The van der Waals surface area contributed by atoms with E-state index in [2.05, 4.69) is 37.4 Å². The number of hydrogen-bond acceptors (Lipinski definition) is 2. The molecule has 108 valence electrons. The molecule has 21 heavy (non-hydrogen) atoms. The van der Waals surface area contributed by atoms with Crippen LogP contribution in [0.1, 0.15) is 0 Å². The van der Waals surface area contributed by atoms with Gasteiger partial charge in [-0.1, -0.05) is 72.8 Å². The van der Waals surface area contributed by atoms with Crippen LogP contribution in [0.2, 0.25) is 0 Å². The number of benzene rings is 2. The van der Waals surface area contributed by atoms with Gasteiger partial charge in [0.1, 0.15) is 0 Å². The molecular weight excluding hydrogens is 276 g/mol. The minimum atomic E-state index is -2.73. The van der Waals surface area contributed by atoms with Gasteiger partial charge in [0.2, 0.25) is 0 Å². The summed E-state index contributed by atoms with van der Waals surface area (Å²) in [5.74, 6) is 0. The van der Waals surface area contributed by atoms with Crippen molar-refractivity contribution in [3.8, 4) is 0 Å². The lowest BCUT2D eigenvalue weighted by Crippen LogP contribution is -2.63. The highest BCUT2D eigenvalue weighted by molar-refractivity contribution is 6.92. The van der Waals surface area contributed by atoms with Gasteiger partial charge in [0.05, 0.1) is 13.2 Å². The first-order valence-corrected chi connectivity index (χ1v) is 8.76. The van der Waals surface area contributed by atoms with E-state index >= 15 is 0 Å². The molecule has 2 rings (SSSR count). The highest BCUT2D eigenvalue weighted by Gasteiger charge is 2.42. The summed E-state index contributed by atoms with van der Waals surface area (Å²) in [7, 11) is -2.73. The summed E-state index contributed by atoms with van der Waals surface area (Å²) in [5, 5.41) is 2.17. The van der Waals surface area contributed by atoms with Crippen LogP contribution in [0.3, 0.4) is 0 Å². The zero-order valence-electron chi connectivity index (χ0n) is 12.1. The standard InChI is InChI=1S/C18H20O2Si/c1-3-15-19-21(20-16-4-2,17-11-7-5-8-12-17)18-13-9-6-10-14-18/h3-14H,1-2,15-16H2. The molecule has 0 amide bonds. The van der Waals surface area contributed by atoms with Crippen LogP contribution < -0.4 is 10.4 Å². The van der Waals surface area contributed by atoms with Crippen molar-refractivity contribution < 1.29 is 8.85 Å². The molecule has 2 aromatic rings. The van der Waals surface area contributed by atoms with Gasteiger partial charge in [-0.15, -0.1) is 13.2 Å². The SMILES string of the molecule is C=CCO[Si](OCC=C)(c1ccccc1)c1ccccc1. The fraction of sp³-hybridized carbons (Fsp3) is 0.111. The van der Waals surface area contributed by atoms with Gasteiger partial charge in [-0.05, 0) is 10.4 Å². The molecule has 0 aliphatic rings. The topological polar surface area (TPSA) is 18.5 Å². The van der Waals surface area contributed by atoms with E-state index in [1.165, 1.54) is 0 Å². The molecule has 2 aromatic carbocycles. The lowest BCUT2D eigenvalue weighted by molar-refractivity contribution is 0.227. The highest BCUT2D eigenvalue weighted by atomic mass is 28.4. The normalized spacial score (nSPS) is 11.0. The van der Waals surface area contributed by atoms with Gasteiger partial charge in [0.25, 0.3) is 0 Å². The second kappa shape index (κ2) is 7.74. The summed E-state index contributed by atoms with van der Waals surface area (Å²) in [6.45, 7) is 8.41. The summed E-state index contributed by atoms with van der Waals surface area (Å²) in [4.78, 5) is 0. The second-order valence-electron chi connectivity index (χ2n) is 4.55. The summed E-state index contributed by atoms with van der Waals surface area (Å²) < 4.78 is 12.4. The Balaban J connectivity index is 2.52. The minimum absolute atomic E-state index is 0.452. The van der Waals surface area contributed by atoms with Crippen molar-refractivity contribution in [1.29, 1.82) is 0 Å². The van der Waals surface area contributed by atoms with Gasteiger partial charge in [-0.3, -0.25) is 0 Å². The number of hydrogen-bond donors (Lipinski definition) is 0. The van der Waals surface area contributed by atoms with Crippen molar-refractivity contribution in [1.82, 2.24) is 0 Å². The van der Waals surface area contributed by atoms with Crippen molar-refractivity contribution in [2.75, 3.05) is 13.2 Å². The van der Waals surface area contributed by atoms with Crippen LogP contribution in [0.15, 0.2) is 86.0 Å². The molecule has 0 spiro atoms. The zero-order valence-corrected chi connectivity index (χ0v) is 13.1. The Morgan fingerprint density at radius 3 is 1.43 bits per heavy atom. The molecule has 0 radical (unpaired) electrons. The lowest BCUT2D eigenvalue weighted by atomic mass is 10.4. The largest absolute Gasteiger partial charge is 0.407 e. The average Bonchev–Trinajstić information content (AvgIpc) is 2.57. The Morgan fingerprint density at radius 2 is 1.10 bits per heavy atom. The lowest BCUT2D eigenvalue weighted by Gasteiger charge is -2.30. The van der Waals surface area contributed by atoms with Gasteiger partial charge in [0, 0.05) is 0 Å². The predicted octanol–water partition coefficient (Wildman–Crippen LogP) is 2.65. The molecular formula is C18H20O2Si. The third-order valence-electron chi connectivity index (χ3n) is 3.12. The Morgan fingerprint density at radius 1 is 0.714 bits per heavy atom. The van der Waals surface area contributed by atoms with Crippen molar-refractivity contribution in [3.05, 3.63) is 86.0 Å². The second-order valence-corrected chi connectivity index (χ2v) is 7.51. The first kappa shape index (κ1) is 15.4. The summed E-state index contributed by atoms with van der Waals surface area (Å²) in [5.41, 5.74) is 0. The van der Waals surface area contributed by atoms with Gasteiger partial charge in [-0.2, -0.15) is 0 Å². The minimum Gasteiger partial charge on any atom is -0.384 e. The van der Waals surface area contributed by atoms with Gasteiger partial charge in [-0.25, -0.2) is 0 Å². The fourth-order valence-electron chi connectivity index (χ4n) is 2.21. The van der Waals surface area contributed by atoms with E-state index in [0.717, 1.165) is 10.4 Å². The van der Waals surface area contributed by atoms with Crippen LogP contribution in [0.4, 0.5) is 0 Å². The van der Waals surface area contributed by atoms with Gasteiger partial charge in [0.15, 0.2) is 0 Å². The molecule has 0 N–H and O–H groups in total. The van der Waals surface area contributed by atoms with E-state index < -0.39 is 8.56 Å². The molecule has 0 aliphatic carbocycles. The summed E-state index contributed by atoms with van der Waals surface area (Å²) >= 11 is 0. The molecule has 3 heteroatoms. The van der Waals surface area contributed by atoms with Crippen LogP contribution >= 0.6 is 0 Å². The van der Waals surface area contributed by atoms with E-state index in [9.17, 15) is 0 Å². The Bertz CT molecular complexity index is 513. The zero-order chi connectivity index (χ0) is 15.0. The van der Waals surface area contributed by atoms with Crippen molar-refractivity contribution in [2.24, 2.45) is 0 Å². The van der Waals surface area contributed by atoms with Crippen LogP contribution in [-0.2, 0) is 8.85 Å². The number of rotatable bonds is 8. The Hall–Kier alpha value is -1.94. The molecule has 0 saturated carbocycles. The fourth-order valence-corrected chi connectivity index (χ4v) is 5.26. The highest BCUT2D eigenvalue weighted by Crippen LogP contribution is 2.10. The van der Waals surface area contributed by atoms with Crippen molar-refractivity contribution in [3.63, 3.8) is 0 Å². The maximum absolute atomic E-state index is 6.20. The predicted molar refractivity (Wildman–Crippen MR) is 90.2 cm³/mol. The first-order valence-electron chi connectivity index (χ1n) is 6.94. The maximum atomic E-state index is 6.20. The van der Waals surface area contributed by atoms with Crippen LogP contribution in [-0.4, -0.2) is 21.8 Å². The summed E-state index contributed by atoms with van der Waals surface area (Å²) in [6.07, 6.45) is 3.51. The molecule has 0 bridgehead atoms. The van der Waals surface area contributed by atoms with Crippen LogP contribution in [0.25, 0.3) is 0 Å². The summed E-state index contributed by atoms with van der Waals surface area (Å²) in [6, 6.07) is 20.3. The third kappa shape index (κ3) is 3.58. The molecule has 0 atom stereocenters. The van der Waals surface area contributed by atoms with Crippen LogP contribution in [0.5, 0.6) is 0 Å². The third-order valence-corrected chi connectivity index (χ3v) is 6.45. The average molecular weight is 296 g/mol. The quantitative estimate of drug-likeness (QED) is 0.551. The van der Waals surface area contributed by atoms with E-state index in [0.29, 0.717) is 13.2 Å². The Labute approximate surface area is 127 Å². The monoisotopic (exact) mass is 296 g/mol. The smallest absolute Gasteiger partial charge is 0.384 e. The molecule has 0 aliphatic heterocycles. The van der Waals surface area contributed by atoms with E-state index in [-0.39, 0.29) is 0 Å². The molecule has 0 fully saturated rings. The molecule has 0 unspecified atom stereocenters. The van der Waals surface area contributed by atoms with E-state index in [4.69, 9.17) is 8.85 Å². The molecule has 0 saturated heterocycles. The van der Waals surface area contributed by atoms with Gasteiger partial charge >= 0.3 is 8.56 Å². The molecule has 0 aromatic heterocycles. The van der Waals surface area contributed by atoms with Crippen molar-refractivity contribution >= 4 is 18.9 Å². The maximum Gasteiger partial charge on any atom is 0.407 e. The Kier molecular flexibility index (Phi) is 5.69. The van der Waals surface area contributed by atoms with E-state index in [1.54, 1.807) is 12.2 Å². The van der Waals surface area contributed by atoms with Crippen LogP contribution in [0, 0.1) is 0 Å². The first-order chi connectivity index (χ1) is 10.3. The van der Waals surface area contributed by atoms with Gasteiger partial charge < -0.3 is 8.85 Å².